The van der Waals surface area contributed by atoms with Gasteiger partial charge in [-0.3, -0.25) is 4.79 Å². The zero-order valence-electron chi connectivity index (χ0n) is 8.09. The number of nitrogens with zero attached hydrogens (tertiary/aromatic N) is 1. The van der Waals surface area contributed by atoms with Crippen LogP contribution in [0.3, 0.4) is 0 Å². The first kappa shape index (κ1) is 12.1. The van der Waals surface area contributed by atoms with Crippen LogP contribution in [-0.2, 0) is 4.79 Å². The van der Waals surface area contributed by atoms with Crippen molar-refractivity contribution in [2.75, 3.05) is 0 Å². The van der Waals surface area contributed by atoms with Crippen LogP contribution in [0.15, 0.2) is 18.2 Å². The molecule has 0 saturated heterocycles. The fourth-order valence-corrected chi connectivity index (χ4v) is 1.16. The Balaban J connectivity index is 3.06. The molecule has 5 nitrogen and oxygen atoms in total. The summed E-state index contributed by atoms with van der Waals surface area (Å²) in [4.78, 5) is 10.6. The van der Waals surface area contributed by atoms with Gasteiger partial charge in [0, 0.05) is 5.56 Å². The summed E-state index contributed by atoms with van der Waals surface area (Å²) in [5, 5.41) is 27.1. The number of carbonyl (C=O) groups excluding carboxylic acids is 1. The Kier molecular flexibility index (Phi) is 3.55. The number of nitriles is 1. The summed E-state index contributed by atoms with van der Waals surface area (Å²) in [6.07, 6.45) is -3.63. The molecule has 0 aliphatic carbocycles. The molecule has 84 valence electrons. The number of primary amides is 1. The summed E-state index contributed by atoms with van der Waals surface area (Å²) >= 11 is 0. The van der Waals surface area contributed by atoms with Gasteiger partial charge in [-0.1, -0.05) is 6.07 Å². The van der Waals surface area contributed by atoms with Gasteiger partial charge in [-0.2, -0.15) is 5.26 Å². The van der Waals surface area contributed by atoms with Crippen LogP contribution in [0.2, 0.25) is 0 Å². The van der Waals surface area contributed by atoms with Crippen molar-refractivity contribution in [2.45, 2.75) is 12.2 Å². The highest BCUT2D eigenvalue weighted by Crippen LogP contribution is 2.21. The number of carbonyl (C=O) groups is 1. The standard InChI is InChI=1S/C10H9FN2O3/c11-7-3-5(4-12)1-2-6(7)8(14)9(15)10(13)16/h1-3,8-9,14-15H,(H2,13,16). The highest BCUT2D eigenvalue weighted by Gasteiger charge is 2.25. The lowest BCUT2D eigenvalue weighted by Crippen LogP contribution is -2.34. The Morgan fingerprint density at radius 3 is 2.56 bits per heavy atom. The van der Waals surface area contributed by atoms with Crippen LogP contribution in [0, 0.1) is 17.1 Å². The Labute approximate surface area is 90.5 Å². The quantitative estimate of drug-likeness (QED) is 0.647. The molecule has 4 N–H and O–H groups in total. The summed E-state index contributed by atoms with van der Waals surface area (Å²) in [6, 6.07) is 4.98. The number of nitrogens with two attached hydrogens (primary N) is 1. The highest BCUT2D eigenvalue weighted by atomic mass is 19.1. The Morgan fingerprint density at radius 2 is 2.12 bits per heavy atom. The van der Waals surface area contributed by atoms with Crippen LogP contribution in [0.4, 0.5) is 4.39 Å². The lowest BCUT2D eigenvalue weighted by Gasteiger charge is -2.15. The lowest BCUT2D eigenvalue weighted by atomic mass is 10.0. The summed E-state index contributed by atoms with van der Waals surface area (Å²) < 4.78 is 13.3. The van der Waals surface area contributed by atoms with E-state index in [0.29, 0.717) is 0 Å². The molecule has 0 saturated carbocycles. The third-order valence-electron chi connectivity index (χ3n) is 2.04. The average molecular weight is 224 g/mol. The smallest absolute Gasteiger partial charge is 0.249 e. The van der Waals surface area contributed by atoms with Crippen molar-refractivity contribution >= 4 is 5.91 Å². The summed E-state index contributed by atoms with van der Waals surface area (Å²) in [5.41, 5.74) is 4.54. The number of rotatable bonds is 3. The van der Waals surface area contributed by atoms with E-state index in [2.05, 4.69) is 0 Å². The number of amides is 1. The van der Waals surface area contributed by atoms with E-state index in [-0.39, 0.29) is 11.1 Å². The molecule has 2 unspecified atom stereocenters. The van der Waals surface area contributed by atoms with E-state index in [1.165, 1.54) is 6.07 Å². The van der Waals surface area contributed by atoms with Gasteiger partial charge >= 0.3 is 0 Å². The topological polar surface area (TPSA) is 107 Å². The van der Waals surface area contributed by atoms with E-state index in [1.54, 1.807) is 6.07 Å². The van der Waals surface area contributed by atoms with E-state index in [9.17, 15) is 14.3 Å². The second-order valence-corrected chi connectivity index (χ2v) is 3.14. The van der Waals surface area contributed by atoms with E-state index in [0.717, 1.165) is 12.1 Å². The van der Waals surface area contributed by atoms with Crippen LogP contribution in [0.1, 0.15) is 17.2 Å². The van der Waals surface area contributed by atoms with Crippen LogP contribution >= 0.6 is 0 Å². The van der Waals surface area contributed by atoms with Gasteiger partial charge in [0.15, 0.2) is 6.10 Å². The van der Waals surface area contributed by atoms with Gasteiger partial charge in [0.1, 0.15) is 11.9 Å². The monoisotopic (exact) mass is 224 g/mol. The normalized spacial score (nSPS) is 13.9. The SMILES string of the molecule is N#Cc1ccc(C(O)C(O)C(N)=O)c(F)c1. The van der Waals surface area contributed by atoms with Gasteiger partial charge in [-0.15, -0.1) is 0 Å². The molecule has 1 rings (SSSR count). The maximum absolute atomic E-state index is 13.3. The van der Waals surface area contributed by atoms with Crippen molar-refractivity contribution in [1.29, 1.82) is 5.26 Å². The van der Waals surface area contributed by atoms with Crippen molar-refractivity contribution < 1.29 is 19.4 Å². The minimum absolute atomic E-state index is 0.0713. The highest BCUT2D eigenvalue weighted by molar-refractivity contribution is 5.79. The molecule has 2 atom stereocenters. The molecule has 0 heterocycles. The number of hydrogen-bond donors (Lipinski definition) is 3. The molecule has 0 aliphatic rings. The molecule has 16 heavy (non-hydrogen) atoms. The molecule has 0 spiro atoms. The predicted octanol–water partition coefficient (Wildman–Crippen LogP) is -0.423. The first-order chi connectivity index (χ1) is 7.47. The minimum atomic E-state index is -1.89. The van der Waals surface area contributed by atoms with Crippen molar-refractivity contribution in [1.82, 2.24) is 0 Å². The maximum atomic E-state index is 13.3. The maximum Gasteiger partial charge on any atom is 0.249 e. The Morgan fingerprint density at radius 1 is 1.50 bits per heavy atom. The molecule has 1 aromatic carbocycles. The summed E-state index contributed by atoms with van der Waals surface area (Å²) in [7, 11) is 0. The van der Waals surface area contributed by atoms with E-state index < -0.39 is 23.9 Å². The molecule has 1 aromatic rings. The molecule has 0 aromatic heterocycles. The van der Waals surface area contributed by atoms with Crippen molar-refractivity contribution in [3.05, 3.63) is 35.1 Å². The average Bonchev–Trinajstić information content (AvgIpc) is 2.26. The largest absolute Gasteiger partial charge is 0.385 e. The van der Waals surface area contributed by atoms with Gasteiger partial charge in [0.05, 0.1) is 11.6 Å². The molecule has 0 aliphatic heterocycles. The van der Waals surface area contributed by atoms with Crippen molar-refractivity contribution in [3.63, 3.8) is 0 Å². The molecule has 1 amide bonds. The number of aliphatic hydroxyl groups is 2. The lowest BCUT2D eigenvalue weighted by molar-refractivity contribution is -0.132. The zero-order valence-corrected chi connectivity index (χ0v) is 8.09. The van der Waals surface area contributed by atoms with E-state index in [4.69, 9.17) is 16.1 Å². The Hall–Kier alpha value is -1.97. The number of hydrogen-bond acceptors (Lipinski definition) is 4. The van der Waals surface area contributed by atoms with E-state index in [1.807, 2.05) is 0 Å². The molecule has 6 heteroatoms. The van der Waals surface area contributed by atoms with Crippen LogP contribution in [-0.4, -0.2) is 22.2 Å². The molecule has 0 bridgehead atoms. The number of benzene rings is 1. The minimum Gasteiger partial charge on any atom is -0.385 e. The number of halogens is 1. The van der Waals surface area contributed by atoms with Gasteiger partial charge < -0.3 is 15.9 Å². The molecular weight excluding hydrogens is 215 g/mol. The van der Waals surface area contributed by atoms with Crippen molar-refractivity contribution in [2.24, 2.45) is 5.73 Å². The molecule has 0 radical (unpaired) electrons. The first-order valence-corrected chi connectivity index (χ1v) is 4.32. The Bertz CT molecular complexity index is 456. The fraction of sp³-hybridized carbons (Fsp3) is 0.200. The summed E-state index contributed by atoms with van der Waals surface area (Å²) in [5.74, 6) is -2.04. The van der Waals surface area contributed by atoms with Gasteiger partial charge in [0.2, 0.25) is 5.91 Å². The van der Waals surface area contributed by atoms with Crippen molar-refractivity contribution in [3.8, 4) is 6.07 Å². The van der Waals surface area contributed by atoms with Crippen LogP contribution in [0.5, 0.6) is 0 Å². The third kappa shape index (κ3) is 2.34. The van der Waals surface area contributed by atoms with Gasteiger partial charge in [-0.25, -0.2) is 4.39 Å². The predicted molar refractivity (Wildman–Crippen MR) is 51.3 cm³/mol. The third-order valence-corrected chi connectivity index (χ3v) is 2.04. The van der Waals surface area contributed by atoms with Gasteiger partial charge in [-0.05, 0) is 12.1 Å². The fourth-order valence-electron chi connectivity index (χ4n) is 1.16. The van der Waals surface area contributed by atoms with E-state index >= 15 is 0 Å². The zero-order chi connectivity index (χ0) is 12.3. The first-order valence-electron chi connectivity index (χ1n) is 4.32. The van der Waals surface area contributed by atoms with Gasteiger partial charge in [0.25, 0.3) is 0 Å². The molecule has 0 fully saturated rings. The second-order valence-electron chi connectivity index (χ2n) is 3.14. The van der Waals surface area contributed by atoms with Crippen LogP contribution in [0.25, 0.3) is 0 Å². The summed E-state index contributed by atoms with van der Waals surface area (Å²) in [6.45, 7) is 0. The number of aliphatic hydroxyl groups excluding tert-OH is 2. The second kappa shape index (κ2) is 4.70. The van der Waals surface area contributed by atoms with Crippen LogP contribution < -0.4 is 5.73 Å². The molecular formula is C10H9FN2O3.